The Morgan fingerprint density at radius 1 is 0.744 bits per heavy atom. The lowest BCUT2D eigenvalue weighted by atomic mass is 9.47. The first-order valence-electron chi connectivity index (χ1n) is 14.5. The molecule has 0 amide bonds. The molecule has 1 N–H and O–H groups in total. The molecule has 2 aromatic rings. The minimum atomic E-state index is -1.56. The molecule has 10 heteroatoms. The molecule has 1 saturated heterocycles. The van der Waals surface area contributed by atoms with Crippen molar-refractivity contribution < 1.29 is 48.0 Å². The fourth-order valence-electron chi connectivity index (χ4n) is 7.85. The maximum Gasteiger partial charge on any atom is 0.338 e. The molecular weight excluding hydrogens is 556 g/mol. The number of aliphatic hydroxyl groups is 1. The highest BCUT2D eigenvalue weighted by Crippen LogP contribution is 2.68. The van der Waals surface area contributed by atoms with Crippen molar-refractivity contribution in [3.05, 3.63) is 71.8 Å². The molecule has 0 aromatic heterocycles. The number of fused-ring (bicyclic) bond motifs is 1. The highest BCUT2D eigenvalue weighted by Gasteiger charge is 2.83. The van der Waals surface area contributed by atoms with E-state index in [2.05, 4.69) is 0 Å². The molecule has 2 aliphatic carbocycles. The summed E-state index contributed by atoms with van der Waals surface area (Å²) < 4.78 is 31.3. The second kappa shape index (κ2) is 11.1. The van der Waals surface area contributed by atoms with Crippen LogP contribution in [0.2, 0.25) is 0 Å². The average Bonchev–Trinajstić information content (AvgIpc) is 3.15. The van der Waals surface area contributed by atoms with E-state index in [1.807, 2.05) is 6.92 Å². The van der Waals surface area contributed by atoms with Crippen molar-refractivity contribution in [1.82, 2.24) is 0 Å². The van der Waals surface area contributed by atoms with Crippen LogP contribution in [0.3, 0.4) is 0 Å². The Morgan fingerprint density at radius 2 is 1.23 bits per heavy atom. The molecule has 5 rings (SSSR count). The number of hydrogen-bond donors (Lipinski definition) is 1. The lowest BCUT2D eigenvalue weighted by Gasteiger charge is -2.63. The van der Waals surface area contributed by atoms with Gasteiger partial charge in [0, 0.05) is 13.8 Å². The van der Waals surface area contributed by atoms with Crippen LogP contribution >= 0.6 is 0 Å². The van der Waals surface area contributed by atoms with E-state index < -0.39 is 82.8 Å². The Morgan fingerprint density at radius 3 is 1.74 bits per heavy atom. The Balaban J connectivity index is 1.75. The van der Waals surface area contributed by atoms with Crippen LogP contribution in [0, 0.1) is 17.3 Å². The number of hydrogen-bond acceptors (Lipinski definition) is 10. The summed E-state index contributed by atoms with van der Waals surface area (Å²) in [5.74, 6) is -3.95. The van der Waals surface area contributed by atoms with E-state index in [0.717, 1.165) is 0 Å². The van der Waals surface area contributed by atoms with Gasteiger partial charge in [-0.05, 0) is 57.4 Å². The maximum atomic E-state index is 13.7. The van der Waals surface area contributed by atoms with Gasteiger partial charge >= 0.3 is 23.9 Å². The fraction of sp³-hybridized carbons (Fsp3) is 0.515. The van der Waals surface area contributed by atoms with Crippen LogP contribution < -0.4 is 0 Å². The van der Waals surface area contributed by atoms with Crippen molar-refractivity contribution >= 4 is 23.9 Å². The van der Waals surface area contributed by atoms with Crippen molar-refractivity contribution in [1.29, 1.82) is 0 Å². The first-order valence-corrected chi connectivity index (χ1v) is 14.5. The smallest absolute Gasteiger partial charge is 0.338 e. The summed E-state index contributed by atoms with van der Waals surface area (Å²) in [6, 6.07) is 16.6. The number of benzene rings is 2. The highest BCUT2D eigenvalue weighted by atomic mass is 16.6. The standard InChI is InChI=1S/C33H38O10/c1-18-17-23(36)26(39-19(2)34)32(6)28(42-30(38)22-15-11-8-12-16-22)25(41-29(37)21-13-9-7-10-14-21)24-27(40-20(3)35)33(18,32)43-31(24,4)5/h7-16,18,23-28,36H,17H2,1-6H3/t18-,23+,24-,25-,26+,27-,28-,32+,33-/m1/s1. The maximum absolute atomic E-state index is 13.7. The Bertz CT molecular complexity index is 1390. The second-order valence-electron chi connectivity index (χ2n) is 12.5. The highest BCUT2D eigenvalue weighted by molar-refractivity contribution is 5.90. The largest absolute Gasteiger partial charge is 0.459 e. The first-order chi connectivity index (χ1) is 20.2. The van der Waals surface area contributed by atoms with E-state index >= 15 is 0 Å². The van der Waals surface area contributed by atoms with E-state index in [-0.39, 0.29) is 17.5 Å². The first kappa shape index (κ1) is 30.7. The van der Waals surface area contributed by atoms with Crippen molar-refractivity contribution in [2.75, 3.05) is 0 Å². The Kier molecular flexibility index (Phi) is 7.89. The van der Waals surface area contributed by atoms with Crippen LogP contribution in [0.5, 0.6) is 0 Å². The van der Waals surface area contributed by atoms with E-state index in [1.54, 1.807) is 81.4 Å². The lowest BCUT2D eigenvalue weighted by molar-refractivity contribution is -0.313. The summed E-state index contributed by atoms with van der Waals surface area (Å²) in [7, 11) is 0. The summed E-state index contributed by atoms with van der Waals surface area (Å²) in [6.07, 6.45) is -5.88. The van der Waals surface area contributed by atoms with E-state index in [4.69, 9.17) is 23.7 Å². The summed E-state index contributed by atoms with van der Waals surface area (Å²) in [6.45, 7) is 9.62. The topological polar surface area (TPSA) is 135 Å². The third-order valence-electron chi connectivity index (χ3n) is 9.42. The predicted molar refractivity (Wildman–Crippen MR) is 152 cm³/mol. The Labute approximate surface area is 250 Å². The van der Waals surface area contributed by atoms with Gasteiger partial charge in [-0.2, -0.15) is 0 Å². The molecule has 2 saturated carbocycles. The summed E-state index contributed by atoms with van der Waals surface area (Å²) in [5.41, 5.74) is -3.56. The van der Waals surface area contributed by atoms with Crippen molar-refractivity contribution in [3.63, 3.8) is 0 Å². The second-order valence-corrected chi connectivity index (χ2v) is 12.5. The molecule has 9 atom stereocenters. The molecule has 43 heavy (non-hydrogen) atoms. The molecular formula is C33H38O10. The normalized spacial score (nSPS) is 35.7. The number of rotatable bonds is 6. The molecule has 0 radical (unpaired) electrons. The third kappa shape index (κ3) is 4.90. The van der Waals surface area contributed by atoms with Gasteiger partial charge in [0.15, 0.2) is 6.10 Å². The van der Waals surface area contributed by atoms with Gasteiger partial charge in [-0.15, -0.1) is 0 Å². The monoisotopic (exact) mass is 594 g/mol. The molecule has 1 aliphatic heterocycles. The number of carbonyl (C=O) groups excluding carboxylic acids is 4. The third-order valence-corrected chi connectivity index (χ3v) is 9.42. The van der Waals surface area contributed by atoms with Crippen LogP contribution in [0.4, 0.5) is 0 Å². The minimum absolute atomic E-state index is 0.141. The zero-order valence-corrected chi connectivity index (χ0v) is 25.1. The molecule has 0 unspecified atom stereocenters. The molecule has 3 fully saturated rings. The molecule has 1 heterocycles. The van der Waals surface area contributed by atoms with Crippen LogP contribution in [-0.4, -0.2) is 70.7 Å². The molecule has 230 valence electrons. The van der Waals surface area contributed by atoms with Gasteiger partial charge in [-0.1, -0.05) is 43.3 Å². The van der Waals surface area contributed by atoms with Crippen LogP contribution in [0.1, 0.15) is 68.7 Å². The van der Waals surface area contributed by atoms with Gasteiger partial charge in [-0.3, -0.25) is 9.59 Å². The number of esters is 4. The van der Waals surface area contributed by atoms with Crippen LogP contribution in [0.15, 0.2) is 60.7 Å². The number of aliphatic hydroxyl groups excluding tert-OH is 1. The number of carbonyl (C=O) groups is 4. The summed E-state index contributed by atoms with van der Waals surface area (Å²) in [4.78, 5) is 52.5. The lowest BCUT2D eigenvalue weighted by Crippen LogP contribution is -2.78. The van der Waals surface area contributed by atoms with Gasteiger partial charge in [0.25, 0.3) is 0 Å². The van der Waals surface area contributed by atoms with Crippen molar-refractivity contribution in [2.24, 2.45) is 17.3 Å². The van der Waals surface area contributed by atoms with Gasteiger partial charge in [0.05, 0.1) is 34.2 Å². The zero-order valence-electron chi connectivity index (χ0n) is 25.1. The average molecular weight is 595 g/mol. The molecule has 10 nitrogen and oxygen atoms in total. The molecule has 2 bridgehead atoms. The van der Waals surface area contributed by atoms with Crippen LogP contribution in [-0.2, 0) is 33.3 Å². The SMILES string of the molecule is CC(=O)O[C@@H]1[C@H]2[C@@H](OC(=O)c3ccccc3)[C@@H](OC(=O)c3ccccc3)[C@]3(C)[C@@H](OC(C)=O)[C@@H](O)C[C@@H](C)[C@@]13OC2(C)C. The predicted octanol–water partition coefficient (Wildman–Crippen LogP) is 3.89. The van der Waals surface area contributed by atoms with Crippen molar-refractivity contribution in [3.8, 4) is 0 Å². The Hall–Kier alpha value is -3.76. The van der Waals surface area contributed by atoms with Gasteiger partial charge in [0.2, 0.25) is 0 Å². The van der Waals surface area contributed by atoms with E-state index in [9.17, 15) is 24.3 Å². The quantitative estimate of drug-likeness (QED) is 0.388. The minimum Gasteiger partial charge on any atom is -0.459 e. The van der Waals surface area contributed by atoms with Gasteiger partial charge < -0.3 is 28.8 Å². The fourth-order valence-corrected chi connectivity index (χ4v) is 7.85. The number of ether oxygens (including phenoxy) is 5. The van der Waals surface area contributed by atoms with Crippen molar-refractivity contribution in [2.45, 2.75) is 89.7 Å². The van der Waals surface area contributed by atoms with Gasteiger partial charge in [0.1, 0.15) is 23.9 Å². The van der Waals surface area contributed by atoms with E-state index in [1.165, 1.54) is 13.8 Å². The molecule has 3 aliphatic rings. The zero-order chi connectivity index (χ0) is 31.3. The molecule has 1 spiro atoms. The summed E-state index contributed by atoms with van der Waals surface area (Å²) >= 11 is 0. The van der Waals surface area contributed by atoms with Gasteiger partial charge in [-0.25, -0.2) is 9.59 Å². The summed E-state index contributed by atoms with van der Waals surface area (Å²) in [5, 5.41) is 11.4. The molecule has 2 aromatic carbocycles. The van der Waals surface area contributed by atoms with E-state index in [0.29, 0.717) is 0 Å². The van der Waals surface area contributed by atoms with Crippen LogP contribution in [0.25, 0.3) is 0 Å².